The zero-order chi connectivity index (χ0) is 12.1. The lowest BCUT2D eigenvalue weighted by atomic mass is 10.3. The number of hydrogen-bond donors (Lipinski definition) is 2. The minimum Gasteiger partial charge on any atom is -0.489 e. The largest absolute Gasteiger partial charge is 0.489 e. The van der Waals surface area contributed by atoms with E-state index in [0.29, 0.717) is 19.2 Å². The summed E-state index contributed by atoms with van der Waals surface area (Å²) in [7, 11) is 0. The average molecular weight is 237 g/mol. The number of aliphatic imine (C=N–C) groups is 1. The van der Waals surface area contributed by atoms with Crippen molar-refractivity contribution in [3.05, 3.63) is 30.1 Å². The molecule has 0 amide bonds. The summed E-state index contributed by atoms with van der Waals surface area (Å²) in [5.74, 6) is 0.732. The van der Waals surface area contributed by atoms with E-state index in [2.05, 4.69) is 22.5 Å². The molecule has 17 heavy (non-hydrogen) atoms. The van der Waals surface area contributed by atoms with Gasteiger partial charge in [-0.25, -0.2) is 4.39 Å². The predicted octanol–water partition coefficient (Wildman–Crippen LogP) is 1.14. The van der Waals surface area contributed by atoms with Gasteiger partial charge in [0.15, 0.2) is 17.5 Å². The molecule has 1 aromatic rings. The predicted molar refractivity (Wildman–Crippen MR) is 64.8 cm³/mol. The fraction of sp³-hybridized carbons (Fsp3) is 0.417. The lowest BCUT2D eigenvalue weighted by Gasteiger charge is -2.10. The van der Waals surface area contributed by atoms with Crippen molar-refractivity contribution in [3.63, 3.8) is 0 Å². The molecule has 1 unspecified atom stereocenters. The Bertz CT molecular complexity index is 408. The number of rotatable bonds is 4. The molecule has 0 aliphatic carbocycles. The van der Waals surface area contributed by atoms with Gasteiger partial charge in [0.05, 0.1) is 13.1 Å². The van der Waals surface area contributed by atoms with Crippen molar-refractivity contribution in [2.24, 2.45) is 4.99 Å². The Morgan fingerprint density at radius 1 is 1.53 bits per heavy atom. The first-order chi connectivity index (χ1) is 8.25. The Balaban J connectivity index is 1.68. The number of para-hydroxylation sites is 1. The highest BCUT2D eigenvalue weighted by Gasteiger charge is 2.11. The fourth-order valence-electron chi connectivity index (χ4n) is 1.55. The quantitative estimate of drug-likeness (QED) is 0.772. The Hall–Kier alpha value is -1.78. The van der Waals surface area contributed by atoms with Crippen LogP contribution in [0.2, 0.25) is 0 Å². The van der Waals surface area contributed by atoms with E-state index < -0.39 is 0 Å². The molecular formula is C12H16FN3O. The Morgan fingerprint density at radius 3 is 3.06 bits per heavy atom. The number of guanidine groups is 1. The van der Waals surface area contributed by atoms with Crippen LogP contribution in [0.4, 0.5) is 4.39 Å². The summed E-state index contributed by atoms with van der Waals surface area (Å²) in [6.07, 6.45) is 0. The van der Waals surface area contributed by atoms with Crippen molar-refractivity contribution in [1.29, 1.82) is 0 Å². The van der Waals surface area contributed by atoms with Crippen LogP contribution in [0.1, 0.15) is 6.92 Å². The van der Waals surface area contributed by atoms with Gasteiger partial charge < -0.3 is 15.4 Å². The second-order valence-electron chi connectivity index (χ2n) is 3.94. The van der Waals surface area contributed by atoms with Gasteiger partial charge in [0.2, 0.25) is 0 Å². The zero-order valence-corrected chi connectivity index (χ0v) is 9.74. The van der Waals surface area contributed by atoms with E-state index in [-0.39, 0.29) is 11.6 Å². The van der Waals surface area contributed by atoms with Crippen molar-refractivity contribution in [1.82, 2.24) is 10.6 Å². The van der Waals surface area contributed by atoms with E-state index in [9.17, 15) is 4.39 Å². The molecular weight excluding hydrogens is 221 g/mol. The van der Waals surface area contributed by atoms with Crippen LogP contribution in [0, 0.1) is 5.82 Å². The molecule has 0 aromatic heterocycles. The maximum absolute atomic E-state index is 13.2. The molecule has 2 N–H and O–H groups in total. The summed E-state index contributed by atoms with van der Waals surface area (Å²) >= 11 is 0. The molecule has 1 atom stereocenters. The summed E-state index contributed by atoms with van der Waals surface area (Å²) in [6, 6.07) is 6.76. The van der Waals surface area contributed by atoms with Gasteiger partial charge in [-0.3, -0.25) is 4.99 Å². The number of hydrogen-bond acceptors (Lipinski definition) is 4. The van der Waals surface area contributed by atoms with Gasteiger partial charge in [-0.2, -0.15) is 0 Å². The van der Waals surface area contributed by atoms with Crippen molar-refractivity contribution in [2.45, 2.75) is 13.0 Å². The van der Waals surface area contributed by atoms with Gasteiger partial charge in [0, 0.05) is 6.04 Å². The number of halogens is 1. The molecule has 0 radical (unpaired) electrons. The minimum absolute atomic E-state index is 0.281. The molecule has 0 fully saturated rings. The molecule has 1 aliphatic rings. The maximum atomic E-state index is 13.2. The third kappa shape index (κ3) is 3.34. The van der Waals surface area contributed by atoms with Crippen LogP contribution in [0.3, 0.4) is 0 Å². The molecule has 1 heterocycles. The molecule has 0 bridgehead atoms. The Kier molecular flexibility index (Phi) is 3.80. The molecule has 0 saturated carbocycles. The fourth-order valence-corrected chi connectivity index (χ4v) is 1.55. The number of ether oxygens (including phenoxy) is 1. The van der Waals surface area contributed by atoms with Crippen LogP contribution >= 0.6 is 0 Å². The molecule has 92 valence electrons. The third-order valence-electron chi connectivity index (χ3n) is 2.40. The summed E-state index contributed by atoms with van der Waals surface area (Å²) in [5.41, 5.74) is 0. The highest BCUT2D eigenvalue weighted by atomic mass is 19.1. The van der Waals surface area contributed by atoms with E-state index in [1.807, 2.05) is 0 Å². The van der Waals surface area contributed by atoms with Gasteiger partial charge >= 0.3 is 0 Å². The topological polar surface area (TPSA) is 45.7 Å². The summed E-state index contributed by atoms with van der Waals surface area (Å²) in [4.78, 5) is 4.24. The van der Waals surface area contributed by atoms with Crippen molar-refractivity contribution >= 4 is 5.96 Å². The molecule has 1 aliphatic heterocycles. The SMILES string of the molecule is CC1CN=C(NCCOc2ccccc2F)N1. The number of nitrogens with one attached hydrogen (secondary N) is 2. The molecule has 4 nitrogen and oxygen atoms in total. The third-order valence-corrected chi connectivity index (χ3v) is 2.40. The van der Waals surface area contributed by atoms with E-state index in [1.165, 1.54) is 6.07 Å². The lowest BCUT2D eigenvalue weighted by molar-refractivity contribution is 0.305. The van der Waals surface area contributed by atoms with E-state index in [4.69, 9.17) is 4.74 Å². The lowest BCUT2D eigenvalue weighted by Crippen LogP contribution is -2.39. The highest BCUT2D eigenvalue weighted by Crippen LogP contribution is 2.14. The van der Waals surface area contributed by atoms with Gasteiger partial charge in [-0.1, -0.05) is 12.1 Å². The van der Waals surface area contributed by atoms with Crippen molar-refractivity contribution < 1.29 is 9.13 Å². The van der Waals surface area contributed by atoms with E-state index >= 15 is 0 Å². The summed E-state index contributed by atoms with van der Waals surface area (Å²) in [5, 5.41) is 6.27. The molecule has 0 saturated heterocycles. The van der Waals surface area contributed by atoms with Crippen LogP contribution < -0.4 is 15.4 Å². The standard InChI is InChI=1S/C12H16FN3O/c1-9-8-15-12(16-9)14-6-7-17-11-5-3-2-4-10(11)13/h2-5,9H,6-8H2,1H3,(H2,14,15,16). The molecule has 0 spiro atoms. The molecule has 2 rings (SSSR count). The van der Waals surface area contributed by atoms with Crippen LogP contribution in [0.25, 0.3) is 0 Å². The van der Waals surface area contributed by atoms with Gasteiger partial charge in [0.25, 0.3) is 0 Å². The second kappa shape index (κ2) is 5.52. The maximum Gasteiger partial charge on any atom is 0.191 e. The van der Waals surface area contributed by atoms with Crippen LogP contribution in [-0.4, -0.2) is 31.7 Å². The minimum atomic E-state index is -0.336. The molecule has 5 heteroatoms. The smallest absolute Gasteiger partial charge is 0.191 e. The first kappa shape index (κ1) is 11.7. The van der Waals surface area contributed by atoms with E-state index in [0.717, 1.165) is 12.5 Å². The van der Waals surface area contributed by atoms with Crippen molar-refractivity contribution in [3.8, 4) is 5.75 Å². The zero-order valence-electron chi connectivity index (χ0n) is 9.74. The van der Waals surface area contributed by atoms with Gasteiger partial charge in [0.1, 0.15) is 6.61 Å². The van der Waals surface area contributed by atoms with Crippen LogP contribution in [0.5, 0.6) is 5.75 Å². The Labute approximate surface area is 99.9 Å². The number of benzene rings is 1. The average Bonchev–Trinajstić information content (AvgIpc) is 2.73. The second-order valence-corrected chi connectivity index (χ2v) is 3.94. The molecule has 1 aromatic carbocycles. The number of nitrogens with zero attached hydrogens (tertiary/aromatic N) is 1. The first-order valence-corrected chi connectivity index (χ1v) is 5.68. The summed E-state index contributed by atoms with van der Waals surface area (Å²) < 4.78 is 18.5. The van der Waals surface area contributed by atoms with Crippen LogP contribution in [-0.2, 0) is 0 Å². The normalized spacial score (nSPS) is 18.5. The van der Waals surface area contributed by atoms with Gasteiger partial charge in [-0.05, 0) is 19.1 Å². The Morgan fingerprint density at radius 2 is 2.35 bits per heavy atom. The van der Waals surface area contributed by atoms with E-state index in [1.54, 1.807) is 18.2 Å². The van der Waals surface area contributed by atoms with Crippen LogP contribution in [0.15, 0.2) is 29.3 Å². The summed E-state index contributed by atoms with van der Waals surface area (Å²) in [6.45, 7) is 3.84. The van der Waals surface area contributed by atoms with Crippen molar-refractivity contribution in [2.75, 3.05) is 19.7 Å². The first-order valence-electron chi connectivity index (χ1n) is 5.68. The highest BCUT2D eigenvalue weighted by molar-refractivity contribution is 5.81. The van der Waals surface area contributed by atoms with Gasteiger partial charge in [-0.15, -0.1) is 0 Å². The monoisotopic (exact) mass is 237 g/mol.